The van der Waals surface area contributed by atoms with Crippen molar-refractivity contribution in [2.45, 2.75) is 39.2 Å². The van der Waals surface area contributed by atoms with Crippen molar-refractivity contribution in [3.8, 4) is 0 Å². The highest BCUT2D eigenvalue weighted by Gasteiger charge is 2.41. The molecule has 2 aliphatic rings. The van der Waals surface area contributed by atoms with Crippen molar-refractivity contribution in [2.75, 3.05) is 30.8 Å². The van der Waals surface area contributed by atoms with Crippen LogP contribution in [0.15, 0.2) is 6.07 Å². The predicted molar refractivity (Wildman–Crippen MR) is 84.3 cm³/mol. The summed E-state index contributed by atoms with van der Waals surface area (Å²) in [7, 11) is 1.67. The summed E-state index contributed by atoms with van der Waals surface area (Å²) >= 11 is 0. The van der Waals surface area contributed by atoms with Crippen LogP contribution in [0.3, 0.4) is 0 Å². The average Bonchev–Trinajstić information content (AvgIpc) is 3.34. The van der Waals surface area contributed by atoms with Crippen LogP contribution in [-0.2, 0) is 11.3 Å². The molecule has 0 saturated heterocycles. The molecule has 3 rings (SSSR count). The van der Waals surface area contributed by atoms with Gasteiger partial charge in [0.2, 0.25) is 0 Å². The molecule has 0 radical (unpaired) electrons. The Morgan fingerprint density at radius 1 is 1.14 bits per heavy atom. The van der Waals surface area contributed by atoms with Gasteiger partial charge in [-0.05, 0) is 50.4 Å². The highest BCUT2D eigenvalue weighted by molar-refractivity contribution is 5.47. The maximum Gasteiger partial charge on any atom is 0.158 e. The molecule has 2 aliphatic carbocycles. The standard InChI is InChI=1S/C16H26N4O/c1-3-17-14-8-15(20-16(19-14)10-21-2)18-9-13(11-4-5-11)12-6-7-12/h8,11-13H,3-7,9-10H2,1-2H3,(H2,17,18,19,20). The summed E-state index contributed by atoms with van der Waals surface area (Å²) in [5, 5.41) is 6.80. The van der Waals surface area contributed by atoms with E-state index in [9.17, 15) is 0 Å². The van der Waals surface area contributed by atoms with E-state index in [1.807, 2.05) is 6.07 Å². The van der Waals surface area contributed by atoms with Gasteiger partial charge in [-0.15, -0.1) is 0 Å². The van der Waals surface area contributed by atoms with E-state index in [1.54, 1.807) is 7.11 Å². The Kier molecular flexibility index (Phi) is 4.58. The van der Waals surface area contributed by atoms with Crippen LogP contribution in [0, 0.1) is 17.8 Å². The van der Waals surface area contributed by atoms with Crippen LogP contribution in [0.25, 0.3) is 0 Å². The van der Waals surface area contributed by atoms with Crippen molar-refractivity contribution in [3.63, 3.8) is 0 Å². The molecular weight excluding hydrogens is 264 g/mol. The molecule has 5 heteroatoms. The van der Waals surface area contributed by atoms with Crippen LogP contribution in [0.2, 0.25) is 0 Å². The van der Waals surface area contributed by atoms with E-state index in [0.717, 1.165) is 48.3 Å². The van der Waals surface area contributed by atoms with E-state index in [-0.39, 0.29) is 0 Å². The Morgan fingerprint density at radius 3 is 2.29 bits per heavy atom. The molecule has 0 atom stereocenters. The van der Waals surface area contributed by atoms with E-state index in [0.29, 0.717) is 6.61 Å². The van der Waals surface area contributed by atoms with Crippen LogP contribution >= 0.6 is 0 Å². The van der Waals surface area contributed by atoms with Gasteiger partial charge in [0.25, 0.3) is 0 Å². The monoisotopic (exact) mass is 290 g/mol. The zero-order chi connectivity index (χ0) is 14.7. The molecule has 2 fully saturated rings. The second kappa shape index (κ2) is 6.60. The van der Waals surface area contributed by atoms with E-state index in [2.05, 4.69) is 27.5 Å². The predicted octanol–water partition coefficient (Wildman–Crippen LogP) is 2.90. The van der Waals surface area contributed by atoms with E-state index in [1.165, 1.54) is 25.7 Å². The quantitative estimate of drug-likeness (QED) is 0.732. The minimum absolute atomic E-state index is 0.447. The molecule has 1 heterocycles. The van der Waals surface area contributed by atoms with Gasteiger partial charge in [-0.1, -0.05) is 0 Å². The lowest BCUT2D eigenvalue weighted by atomic mass is 9.98. The van der Waals surface area contributed by atoms with Crippen molar-refractivity contribution in [3.05, 3.63) is 11.9 Å². The molecule has 0 unspecified atom stereocenters. The molecule has 1 aromatic rings. The molecule has 1 aromatic heterocycles. The fraction of sp³-hybridized carbons (Fsp3) is 0.750. The van der Waals surface area contributed by atoms with Gasteiger partial charge in [-0.2, -0.15) is 0 Å². The van der Waals surface area contributed by atoms with Crippen LogP contribution in [-0.4, -0.2) is 30.2 Å². The second-order valence-electron chi connectivity index (χ2n) is 6.24. The fourth-order valence-corrected chi connectivity index (χ4v) is 3.04. The zero-order valence-corrected chi connectivity index (χ0v) is 13.1. The summed E-state index contributed by atoms with van der Waals surface area (Å²) in [5.74, 6) is 5.27. The molecular formula is C16H26N4O. The van der Waals surface area contributed by atoms with Gasteiger partial charge in [0, 0.05) is 26.3 Å². The molecule has 0 aliphatic heterocycles. The average molecular weight is 290 g/mol. The first-order chi connectivity index (χ1) is 10.3. The Balaban J connectivity index is 1.64. The van der Waals surface area contributed by atoms with Gasteiger partial charge in [-0.25, -0.2) is 9.97 Å². The molecule has 5 nitrogen and oxygen atoms in total. The molecule has 0 bridgehead atoms. The van der Waals surface area contributed by atoms with Gasteiger partial charge < -0.3 is 15.4 Å². The lowest BCUT2D eigenvalue weighted by Crippen LogP contribution is -2.19. The molecule has 2 saturated carbocycles. The summed E-state index contributed by atoms with van der Waals surface area (Å²) < 4.78 is 5.16. The lowest BCUT2D eigenvalue weighted by molar-refractivity contribution is 0.178. The Morgan fingerprint density at radius 2 is 1.76 bits per heavy atom. The number of nitrogens with zero attached hydrogens (tertiary/aromatic N) is 2. The molecule has 21 heavy (non-hydrogen) atoms. The minimum atomic E-state index is 0.447. The number of hydrogen-bond acceptors (Lipinski definition) is 5. The normalized spacial score (nSPS) is 18.0. The summed E-state index contributed by atoms with van der Waals surface area (Å²) in [6, 6.07) is 2.00. The van der Waals surface area contributed by atoms with Crippen molar-refractivity contribution in [2.24, 2.45) is 17.8 Å². The molecule has 0 spiro atoms. The maximum absolute atomic E-state index is 5.16. The van der Waals surface area contributed by atoms with Crippen LogP contribution in [0.1, 0.15) is 38.4 Å². The van der Waals surface area contributed by atoms with Gasteiger partial charge >= 0.3 is 0 Å². The van der Waals surface area contributed by atoms with Crippen LogP contribution in [0.4, 0.5) is 11.6 Å². The van der Waals surface area contributed by atoms with Gasteiger partial charge in [0.1, 0.15) is 18.2 Å². The molecule has 0 aromatic carbocycles. The van der Waals surface area contributed by atoms with E-state index < -0.39 is 0 Å². The number of ether oxygens (including phenoxy) is 1. The van der Waals surface area contributed by atoms with Crippen molar-refractivity contribution in [1.82, 2.24) is 9.97 Å². The third-order valence-electron chi connectivity index (χ3n) is 4.38. The van der Waals surface area contributed by atoms with Gasteiger partial charge in [0.15, 0.2) is 5.82 Å². The van der Waals surface area contributed by atoms with Crippen molar-refractivity contribution in [1.29, 1.82) is 0 Å². The highest BCUT2D eigenvalue weighted by atomic mass is 16.5. The number of rotatable bonds is 9. The van der Waals surface area contributed by atoms with Crippen molar-refractivity contribution >= 4 is 11.6 Å². The third kappa shape index (κ3) is 4.06. The first-order valence-corrected chi connectivity index (χ1v) is 8.14. The summed E-state index contributed by atoms with van der Waals surface area (Å²) in [4.78, 5) is 9.00. The fourth-order valence-electron chi connectivity index (χ4n) is 3.04. The number of methoxy groups -OCH3 is 1. The topological polar surface area (TPSA) is 59.1 Å². The van der Waals surface area contributed by atoms with Crippen LogP contribution in [0.5, 0.6) is 0 Å². The second-order valence-corrected chi connectivity index (χ2v) is 6.24. The van der Waals surface area contributed by atoms with Gasteiger partial charge in [0.05, 0.1) is 0 Å². The Bertz CT molecular complexity index is 435. The first-order valence-electron chi connectivity index (χ1n) is 8.14. The molecule has 116 valence electrons. The number of aromatic nitrogens is 2. The van der Waals surface area contributed by atoms with E-state index in [4.69, 9.17) is 4.74 Å². The molecule has 2 N–H and O–H groups in total. The first kappa shape index (κ1) is 14.6. The van der Waals surface area contributed by atoms with Crippen LogP contribution < -0.4 is 10.6 Å². The molecule has 0 amide bonds. The SMILES string of the molecule is CCNc1cc(NCC(C2CC2)C2CC2)nc(COC)n1. The van der Waals surface area contributed by atoms with Gasteiger partial charge in [-0.3, -0.25) is 0 Å². The zero-order valence-electron chi connectivity index (χ0n) is 13.1. The highest BCUT2D eigenvalue weighted by Crippen LogP contribution is 2.49. The maximum atomic E-state index is 5.16. The largest absolute Gasteiger partial charge is 0.377 e. The number of hydrogen-bond donors (Lipinski definition) is 2. The number of anilines is 2. The smallest absolute Gasteiger partial charge is 0.158 e. The summed E-state index contributed by atoms with van der Waals surface area (Å²) in [6.07, 6.45) is 5.68. The number of nitrogens with one attached hydrogen (secondary N) is 2. The third-order valence-corrected chi connectivity index (χ3v) is 4.38. The summed E-state index contributed by atoms with van der Waals surface area (Å²) in [5.41, 5.74) is 0. The lowest BCUT2D eigenvalue weighted by Gasteiger charge is -2.17. The van der Waals surface area contributed by atoms with Crippen molar-refractivity contribution < 1.29 is 4.74 Å². The Hall–Kier alpha value is -1.36. The minimum Gasteiger partial charge on any atom is -0.377 e. The summed E-state index contributed by atoms with van der Waals surface area (Å²) in [6.45, 7) is 4.42. The van der Waals surface area contributed by atoms with E-state index >= 15 is 0 Å². The Labute approximate surface area is 126 Å².